The molecule has 2 atom stereocenters. The molecular formula is C15H23FN2O2S. The number of nitrogens with one attached hydrogen (secondary N) is 1. The molecule has 0 spiro atoms. The van der Waals surface area contributed by atoms with Crippen LogP contribution in [0.1, 0.15) is 37.8 Å². The third-order valence-corrected chi connectivity index (χ3v) is 4.68. The van der Waals surface area contributed by atoms with Crippen LogP contribution in [0.2, 0.25) is 0 Å². The van der Waals surface area contributed by atoms with Gasteiger partial charge in [0, 0.05) is 18.6 Å². The summed E-state index contributed by atoms with van der Waals surface area (Å²) in [5, 5.41) is 0. The number of benzene rings is 1. The number of hydrogen-bond donors (Lipinski definition) is 1. The summed E-state index contributed by atoms with van der Waals surface area (Å²) in [6.07, 6.45) is 3.94. The second kappa shape index (κ2) is 6.85. The molecule has 1 saturated heterocycles. The van der Waals surface area contributed by atoms with Crippen LogP contribution in [0.15, 0.2) is 24.3 Å². The third kappa shape index (κ3) is 4.76. The molecule has 0 radical (unpaired) electrons. The maximum atomic E-state index is 13.1. The Balaban J connectivity index is 2.09. The zero-order chi connectivity index (χ0) is 15.5. The van der Waals surface area contributed by atoms with E-state index in [4.69, 9.17) is 0 Å². The molecule has 1 aromatic rings. The summed E-state index contributed by atoms with van der Waals surface area (Å²) in [5.74, 6) is -0.233. The molecule has 2 rings (SSSR count). The van der Waals surface area contributed by atoms with Crippen molar-refractivity contribution in [3.8, 4) is 0 Å². The van der Waals surface area contributed by atoms with Gasteiger partial charge in [0.25, 0.3) is 0 Å². The average Bonchev–Trinajstić information content (AvgIpc) is 2.40. The molecule has 6 heteroatoms. The van der Waals surface area contributed by atoms with Crippen LogP contribution in [0, 0.1) is 5.82 Å². The quantitative estimate of drug-likeness (QED) is 0.907. The van der Waals surface area contributed by atoms with Crippen molar-refractivity contribution in [1.29, 1.82) is 0 Å². The second-order valence-electron chi connectivity index (χ2n) is 5.70. The monoisotopic (exact) mass is 314 g/mol. The smallest absolute Gasteiger partial charge is 0.208 e. The highest BCUT2D eigenvalue weighted by molar-refractivity contribution is 7.88. The zero-order valence-electron chi connectivity index (χ0n) is 12.5. The normalized spacial score (nSPS) is 22.1. The minimum absolute atomic E-state index is 0.0387. The van der Waals surface area contributed by atoms with E-state index in [9.17, 15) is 12.8 Å². The van der Waals surface area contributed by atoms with E-state index in [1.807, 2.05) is 12.1 Å². The van der Waals surface area contributed by atoms with Crippen molar-refractivity contribution in [3.63, 3.8) is 0 Å². The summed E-state index contributed by atoms with van der Waals surface area (Å²) in [5.41, 5.74) is 1.08. The van der Waals surface area contributed by atoms with Gasteiger partial charge in [-0.15, -0.1) is 0 Å². The summed E-state index contributed by atoms with van der Waals surface area (Å²) in [6, 6.07) is 6.76. The standard InChI is InChI=1S/C15H23FN2O2S/c1-3-15(12-6-8-13(16)9-7-12)18-10-4-5-14(11-18)17-21(2,19)20/h6-9,14-15,17H,3-5,10-11H2,1-2H3/t14-,15+/m1/s1. The fourth-order valence-electron chi connectivity index (χ4n) is 3.08. The van der Waals surface area contributed by atoms with Crippen LogP contribution < -0.4 is 4.72 Å². The maximum Gasteiger partial charge on any atom is 0.208 e. The molecule has 1 heterocycles. The number of likely N-dealkylation sites (tertiary alicyclic amines) is 1. The van der Waals surface area contributed by atoms with Gasteiger partial charge in [-0.05, 0) is 43.5 Å². The van der Waals surface area contributed by atoms with Gasteiger partial charge in [0.15, 0.2) is 0 Å². The Morgan fingerprint density at radius 1 is 1.38 bits per heavy atom. The number of halogens is 1. The molecule has 0 aliphatic carbocycles. The predicted octanol–water partition coefficient (Wildman–Crippen LogP) is 2.29. The van der Waals surface area contributed by atoms with Crippen LogP contribution in [0.3, 0.4) is 0 Å². The highest BCUT2D eigenvalue weighted by Gasteiger charge is 2.27. The Labute approximate surface area is 126 Å². The molecule has 0 saturated carbocycles. The van der Waals surface area contributed by atoms with Gasteiger partial charge in [-0.25, -0.2) is 17.5 Å². The van der Waals surface area contributed by atoms with E-state index < -0.39 is 10.0 Å². The van der Waals surface area contributed by atoms with Crippen molar-refractivity contribution >= 4 is 10.0 Å². The number of piperidine rings is 1. The summed E-state index contributed by atoms with van der Waals surface area (Å²) >= 11 is 0. The fourth-order valence-corrected chi connectivity index (χ4v) is 3.88. The summed E-state index contributed by atoms with van der Waals surface area (Å²) < 4.78 is 38.5. The van der Waals surface area contributed by atoms with Gasteiger partial charge < -0.3 is 0 Å². The Morgan fingerprint density at radius 2 is 2.05 bits per heavy atom. The number of sulfonamides is 1. The Kier molecular flexibility index (Phi) is 5.35. The highest BCUT2D eigenvalue weighted by Crippen LogP contribution is 2.27. The van der Waals surface area contributed by atoms with Crippen molar-refractivity contribution in [1.82, 2.24) is 9.62 Å². The third-order valence-electron chi connectivity index (χ3n) is 3.92. The summed E-state index contributed by atoms with van der Waals surface area (Å²) in [4.78, 5) is 2.29. The molecule has 1 aliphatic rings. The molecule has 118 valence electrons. The van der Waals surface area contributed by atoms with Crippen molar-refractivity contribution < 1.29 is 12.8 Å². The molecule has 1 N–H and O–H groups in total. The molecule has 0 amide bonds. The second-order valence-corrected chi connectivity index (χ2v) is 7.48. The molecule has 21 heavy (non-hydrogen) atoms. The summed E-state index contributed by atoms with van der Waals surface area (Å²) in [6.45, 7) is 3.74. The van der Waals surface area contributed by atoms with Gasteiger partial charge in [-0.1, -0.05) is 19.1 Å². The van der Waals surface area contributed by atoms with Crippen LogP contribution in [0.25, 0.3) is 0 Å². The molecule has 4 nitrogen and oxygen atoms in total. The first-order chi connectivity index (χ1) is 9.89. The minimum Gasteiger partial charge on any atom is -0.295 e. The Hall–Kier alpha value is -0.980. The van der Waals surface area contributed by atoms with Crippen molar-refractivity contribution in [2.45, 2.75) is 38.3 Å². The summed E-state index contributed by atoms with van der Waals surface area (Å²) in [7, 11) is -3.18. The SMILES string of the molecule is CC[C@@H](c1ccc(F)cc1)N1CCC[C@@H](NS(C)(=O)=O)C1. The zero-order valence-corrected chi connectivity index (χ0v) is 13.4. The number of rotatable bonds is 5. The molecule has 0 aromatic heterocycles. The van der Waals surface area contributed by atoms with Crippen molar-refractivity contribution in [2.24, 2.45) is 0 Å². The highest BCUT2D eigenvalue weighted by atomic mass is 32.2. The molecule has 1 aromatic carbocycles. The van der Waals surface area contributed by atoms with E-state index in [0.29, 0.717) is 6.54 Å². The van der Waals surface area contributed by atoms with E-state index in [2.05, 4.69) is 16.5 Å². The van der Waals surface area contributed by atoms with Gasteiger partial charge in [-0.2, -0.15) is 0 Å². The average molecular weight is 314 g/mol. The van der Waals surface area contributed by atoms with Gasteiger partial charge in [0.05, 0.1) is 6.26 Å². The van der Waals surface area contributed by atoms with Gasteiger partial charge in [0.2, 0.25) is 10.0 Å². The van der Waals surface area contributed by atoms with Crippen molar-refractivity contribution in [3.05, 3.63) is 35.6 Å². The predicted molar refractivity (Wildman–Crippen MR) is 82.0 cm³/mol. The maximum absolute atomic E-state index is 13.1. The Bertz CT molecular complexity index is 560. The Morgan fingerprint density at radius 3 is 2.62 bits per heavy atom. The van der Waals surface area contributed by atoms with E-state index in [-0.39, 0.29) is 17.9 Å². The largest absolute Gasteiger partial charge is 0.295 e. The molecule has 0 bridgehead atoms. The minimum atomic E-state index is -3.18. The lowest BCUT2D eigenvalue weighted by Gasteiger charge is -2.38. The number of nitrogens with zero attached hydrogens (tertiary/aromatic N) is 1. The van der Waals surface area contributed by atoms with Crippen molar-refractivity contribution in [2.75, 3.05) is 19.3 Å². The first kappa shape index (κ1) is 16.4. The van der Waals surface area contributed by atoms with Crippen LogP contribution >= 0.6 is 0 Å². The molecule has 1 aliphatic heterocycles. The van der Waals surface area contributed by atoms with E-state index in [1.165, 1.54) is 18.4 Å². The first-order valence-electron chi connectivity index (χ1n) is 7.36. The first-order valence-corrected chi connectivity index (χ1v) is 9.25. The molecule has 0 unspecified atom stereocenters. The van der Waals surface area contributed by atoms with Gasteiger partial charge >= 0.3 is 0 Å². The lowest BCUT2D eigenvalue weighted by Crippen LogP contribution is -2.48. The van der Waals surface area contributed by atoms with Gasteiger partial charge in [0.1, 0.15) is 5.82 Å². The lowest BCUT2D eigenvalue weighted by molar-refractivity contribution is 0.140. The van der Waals surface area contributed by atoms with Crippen LogP contribution in [0.4, 0.5) is 4.39 Å². The van der Waals surface area contributed by atoms with E-state index >= 15 is 0 Å². The molecule has 1 fully saturated rings. The molecular weight excluding hydrogens is 291 g/mol. The fraction of sp³-hybridized carbons (Fsp3) is 0.600. The van der Waals surface area contributed by atoms with Crippen LogP contribution in [-0.4, -0.2) is 38.7 Å². The topological polar surface area (TPSA) is 49.4 Å². The van der Waals surface area contributed by atoms with E-state index in [0.717, 1.165) is 31.4 Å². The van der Waals surface area contributed by atoms with E-state index in [1.54, 1.807) is 0 Å². The number of hydrogen-bond acceptors (Lipinski definition) is 3. The van der Waals surface area contributed by atoms with Gasteiger partial charge in [-0.3, -0.25) is 4.90 Å². The van der Waals surface area contributed by atoms with Crippen LogP contribution in [0.5, 0.6) is 0 Å². The van der Waals surface area contributed by atoms with Crippen LogP contribution in [-0.2, 0) is 10.0 Å². The lowest BCUT2D eigenvalue weighted by atomic mass is 9.98.